The summed E-state index contributed by atoms with van der Waals surface area (Å²) in [5.74, 6) is -1.00. The summed E-state index contributed by atoms with van der Waals surface area (Å²) in [6.07, 6.45) is 5.67. The SMILES string of the molecule is CC(=O)OC[C@]1(C)CCC[C@]2(C)[C@H]3C[C@@]45O[C@@H]4C(=O)[C@]4(COC(C)=O)O[C@@H]4[C@]5(OC(C)=O)CC3=CC[C@@H]12. The summed E-state index contributed by atoms with van der Waals surface area (Å²) < 4.78 is 29.2. The van der Waals surface area contributed by atoms with Gasteiger partial charge in [-0.2, -0.15) is 0 Å². The summed E-state index contributed by atoms with van der Waals surface area (Å²) in [5.41, 5.74) is -2.43. The molecule has 0 aromatic rings. The Labute approximate surface area is 216 Å². The first-order valence-corrected chi connectivity index (χ1v) is 13.4. The van der Waals surface area contributed by atoms with E-state index in [0.29, 0.717) is 25.4 Å². The molecule has 0 amide bonds. The van der Waals surface area contributed by atoms with Gasteiger partial charge >= 0.3 is 17.9 Å². The van der Waals surface area contributed by atoms with Crippen molar-refractivity contribution in [2.75, 3.05) is 13.2 Å². The van der Waals surface area contributed by atoms with Gasteiger partial charge in [-0.1, -0.05) is 31.9 Å². The van der Waals surface area contributed by atoms with Crippen LogP contribution in [-0.2, 0) is 42.9 Å². The van der Waals surface area contributed by atoms with Crippen LogP contribution in [0.4, 0.5) is 0 Å². The Morgan fingerprint density at radius 1 is 1.00 bits per heavy atom. The maximum absolute atomic E-state index is 13.6. The van der Waals surface area contributed by atoms with Gasteiger partial charge in [0.05, 0.1) is 6.61 Å². The Morgan fingerprint density at radius 3 is 2.38 bits per heavy atom. The second-order valence-corrected chi connectivity index (χ2v) is 12.7. The van der Waals surface area contributed by atoms with Gasteiger partial charge in [0.1, 0.15) is 18.3 Å². The molecule has 6 rings (SSSR count). The van der Waals surface area contributed by atoms with Gasteiger partial charge in [-0.25, -0.2) is 0 Å². The summed E-state index contributed by atoms with van der Waals surface area (Å²) in [6.45, 7) is 8.85. The highest BCUT2D eigenvalue weighted by molar-refractivity contribution is 6.00. The summed E-state index contributed by atoms with van der Waals surface area (Å²) in [7, 11) is 0. The average Bonchev–Trinajstić information content (AvgIpc) is 3.71. The van der Waals surface area contributed by atoms with Gasteiger partial charge in [-0.05, 0) is 42.9 Å². The number of esters is 3. The topological polar surface area (TPSA) is 121 Å². The van der Waals surface area contributed by atoms with E-state index < -0.39 is 40.9 Å². The van der Waals surface area contributed by atoms with Crippen LogP contribution in [0.3, 0.4) is 0 Å². The van der Waals surface area contributed by atoms with E-state index in [1.807, 2.05) is 0 Å². The second-order valence-electron chi connectivity index (χ2n) is 12.7. The number of carbonyl (C=O) groups excluding carboxylic acids is 4. The number of Topliss-reactive ketones (excluding diaryl/α,β-unsaturated/α-hetero) is 1. The highest BCUT2D eigenvalue weighted by atomic mass is 16.7. The van der Waals surface area contributed by atoms with E-state index >= 15 is 0 Å². The van der Waals surface area contributed by atoms with Crippen LogP contribution in [0.25, 0.3) is 0 Å². The van der Waals surface area contributed by atoms with E-state index in [1.165, 1.54) is 26.3 Å². The van der Waals surface area contributed by atoms with Crippen molar-refractivity contribution < 1.29 is 42.9 Å². The fourth-order valence-electron chi connectivity index (χ4n) is 8.86. The largest absolute Gasteiger partial charge is 0.465 e. The first-order valence-electron chi connectivity index (χ1n) is 13.4. The number of hydrogen-bond acceptors (Lipinski definition) is 9. The lowest BCUT2D eigenvalue weighted by molar-refractivity contribution is -0.181. The Kier molecular flexibility index (Phi) is 5.18. The van der Waals surface area contributed by atoms with E-state index in [9.17, 15) is 19.2 Å². The molecule has 2 saturated heterocycles. The number of epoxide rings is 2. The van der Waals surface area contributed by atoms with E-state index in [4.69, 9.17) is 23.7 Å². The molecular weight excluding hydrogens is 480 g/mol. The standard InChI is InChI=1S/C28H36O9/c1-15(29)33-13-24(4)9-6-10-25(5)19-12-27-22(36-27)21(32)26(14-34-16(2)30)23(37-26)28(27,35-17(3)31)11-18(19)7-8-20(24)25/h7,19-20,22-23H,6,8-14H2,1-5H3/t19-,20-,22+,23-,24-,25+,26-,27+,28+/m0/s1. The number of fused-ring (bicyclic) bond motifs is 5. The maximum Gasteiger partial charge on any atom is 0.303 e. The Hall–Kier alpha value is -2.26. The number of ether oxygens (including phenoxy) is 5. The number of ketones is 1. The zero-order chi connectivity index (χ0) is 26.6. The zero-order valence-corrected chi connectivity index (χ0v) is 22.2. The van der Waals surface area contributed by atoms with Crippen LogP contribution in [-0.4, -0.2) is 65.9 Å². The summed E-state index contributed by atoms with van der Waals surface area (Å²) >= 11 is 0. The molecule has 2 aliphatic heterocycles. The molecule has 9 nitrogen and oxygen atoms in total. The lowest BCUT2D eigenvalue weighted by Gasteiger charge is -2.60. The minimum Gasteiger partial charge on any atom is -0.465 e. The van der Waals surface area contributed by atoms with Crippen LogP contribution in [0, 0.1) is 22.7 Å². The molecule has 4 aliphatic carbocycles. The molecular formula is C28H36O9. The van der Waals surface area contributed by atoms with Crippen molar-refractivity contribution in [1.82, 2.24) is 0 Å². The first-order chi connectivity index (χ1) is 17.3. The van der Waals surface area contributed by atoms with Crippen molar-refractivity contribution in [3.63, 3.8) is 0 Å². The average molecular weight is 517 g/mol. The lowest BCUT2D eigenvalue weighted by Crippen LogP contribution is -2.67. The predicted octanol–water partition coefficient (Wildman–Crippen LogP) is 2.83. The molecule has 0 N–H and O–H groups in total. The maximum atomic E-state index is 13.6. The predicted molar refractivity (Wildman–Crippen MR) is 127 cm³/mol. The Bertz CT molecular complexity index is 1130. The van der Waals surface area contributed by atoms with Gasteiger partial charge in [0.2, 0.25) is 5.78 Å². The molecule has 1 spiro atoms. The third kappa shape index (κ3) is 3.22. The second kappa shape index (κ2) is 7.65. The van der Waals surface area contributed by atoms with Crippen molar-refractivity contribution in [2.24, 2.45) is 22.7 Å². The smallest absolute Gasteiger partial charge is 0.303 e. The Balaban J connectivity index is 1.37. The van der Waals surface area contributed by atoms with Crippen LogP contribution < -0.4 is 0 Å². The fourth-order valence-corrected chi connectivity index (χ4v) is 8.86. The third-order valence-electron chi connectivity index (χ3n) is 10.5. The van der Waals surface area contributed by atoms with Crippen LogP contribution in [0.5, 0.6) is 0 Å². The zero-order valence-electron chi connectivity index (χ0n) is 22.2. The van der Waals surface area contributed by atoms with Crippen LogP contribution in [0.1, 0.15) is 73.1 Å². The van der Waals surface area contributed by atoms with Crippen molar-refractivity contribution in [2.45, 2.75) is 102 Å². The Morgan fingerprint density at radius 2 is 1.70 bits per heavy atom. The number of carbonyl (C=O) groups is 4. The molecule has 0 bridgehead atoms. The fraction of sp³-hybridized carbons (Fsp3) is 0.786. The molecule has 5 fully saturated rings. The molecule has 37 heavy (non-hydrogen) atoms. The van der Waals surface area contributed by atoms with Crippen LogP contribution in [0.15, 0.2) is 11.6 Å². The van der Waals surface area contributed by atoms with Gasteiger partial charge < -0.3 is 23.7 Å². The van der Waals surface area contributed by atoms with Gasteiger partial charge in [0, 0.05) is 32.6 Å². The molecule has 0 unspecified atom stereocenters. The minimum atomic E-state index is -1.33. The van der Waals surface area contributed by atoms with E-state index in [-0.39, 0.29) is 35.1 Å². The van der Waals surface area contributed by atoms with Crippen molar-refractivity contribution in [1.29, 1.82) is 0 Å². The molecule has 9 heteroatoms. The first kappa shape index (κ1) is 25.0. The molecule has 202 valence electrons. The highest BCUT2D eigenvalue weighted by Crippen LogP contribution is 2.74. The van der Waals surface area contributed by atoms with Crippen LogP contribution >= 0.6 is 0 Å². The number of rotatable bonds is 5. The minimum absolute atomic E-state index is 0.0788. The number of hydrogen-bond donors (Lipinski definition) is 0. The normalized spacial score (nSPS) is 48.6. The summed E-state index contributed by atoms with van der Waals surface area (Å²) in [6, 6.07) is 0. The lowest BCUT2D eigenvalue weighted by atomic mass is 9.44. The van der Waals surface area contributed by atoms with Crippen molar-refractivity contribution in [3.8, 4) is 0 Å². The van der Waals surface area contributed by atoms with Gasteiger partial charge in [0.25, 0.3) is 0 Å². The molecule has 6 aliphatic rings. The van der Waals surface area contributed by atoms with E-state index in [1.54, 1.807) is 0 Å². The molecule has 0 aromatic heterocycles. The number of allylic oxidation sites excluding steroid dienone is 1. The molecule has 0 radical (unpaired) electrons. The van der Waals surface area contributed by atoms with Gasteiger partial charge in [0.15, 0.2) is 17.3 Å². The van der Waals surface area contributed by atoms with Crippen LogP contribution in [0.2, 0.25) is 0 Å². The molecule has 9 atom stereocenters. The quantitative estimate of drug-likeness (QED) is 0.235. The highest BCUT2D eigenvalue weighted by Gasteiger charge is 2.92. The monoisotopic (exact) mass is 516 g/mol. The summed E-state index contributed by atoms with van der Waals surface area (Å²) in [5, 5.41) is 0. The molecule has 3 saturated carbocycles. The summed E-state index contributed by atoms with van der Waals surface area (Å²) in [4.78, 5) is 49.2. The van der Waals surface area contributed by atoms with Crippen molar-refractivity contribution >= 4 is 23.7 Å². The third-order valence-corrected chi connectivity index (χ3v) is 10.5. The van der Waals surface area contributed by atoms with Gasteiger partial charge in [-0.15, -0.1) is 0 Å². The van der Waals surface area contributed by atoms with E-state index in [2.05, 4.69) is 19.9 Å². The van der Waals surface area contributed by atoms with Gasteiger partial charge in [-0.3, -0.25) is 19.2 Å². The van der Waals surface area contributed by atoms with Crippen molar-refractivity contribution in [3.05, 3.63) is 11.6 Å². The molecule has 0 aromatic carbocycles. The molecule has 2 heterocycles. The van der Waals surface area contributed by atoms with E-state index in [0.717, 1.165) is 25.7 Å².